The summed E-state index contributed by atoms with van der Waals surface area (Å²) in [4.78, 5) is 10.5. The highest BCUT2D eigenvalue weighted by molar-refractivity contribution is 5.76. The van der Waals surface area contributed by atoms with Gasteiger partial charge in [-0.25, -0.2) is 0 Å². The second kappa shape index (κ2) is 11.6. The van der Waals surface area contributed by atoms with Crippen LogP contribution in [0.5, 0.6) is 0 Å². The third-order valence-electron chi connectivity index (χ3n) is 3.52. The number of hydrogen-bond donors (Lipinski definition) is 1. The van der Waals surface area contributed by atoms with E-state index in [9.17, 15) is 18.0 Å². The van der Waals surface area contributed by atoms with Gasteiger partial charge in [-0.15, -0.1) is 0 Å². The predicted molar refractivity (Wildman–Crippen MR) is 99.6 cm³/mol. The number of hydrogen-bond acceptors (Lipinski definition) is 4. The molecule has 2 aromatic rings. The standard InChI is InChI=1S/C11H13F3O2.C10H12O2/c1-10(15,11(12,13)14)8-16-7-9-5-3-2-4-6-9;1-9(11)7-12-8-10-5-3-2-4-6-10/h2-6,15H,7-8H2,1H3;2-6H,7-8H2,1H3. The number of halogens is 3. The molecule has 0 radical (unpaired) electrons. The number of carbonyl (C=O) groups is 1. The monoisotopic (exact) mass is 398 g/mol. The molecule has 0 aliphatic carbocycles. The molecule has 4 nitrogen and oxygen atoms in total. The van der Waals surface area contributed by atoms with Crippen molar-refractivity contribution < 1.29 is 32.5 Å². The normalized spacial score (nSPS) is 13.2. The molecule has 1 atom stereocenters. The highest BCUT2D eigenvalue weighted by Crippen LogP contribution is 2.30. The van der Waals surface area contributed by atoms with Gasteiger partial charge in [0.05, 0.1) is 19.8 Å². The molecule has 0 saturated heterocycles. The van der Waals surface area contributed by atoms with Gasteiger partial charge in [0.25, 0.3) is 0 Å². The van der Waals surface area contributed by atoms with Gasteiger partial charge >= 0.3 is 6.18 Å². The van der Waals surface area contributed by atoms with Crippen molar-refractivity contribution in [3.8, 4) is 0 Å². The van der Waals surface area contributed by atoms with E-state index in [0.717, 1.165) is 11.1 Å². The van der Waals surface area contributed by atoms with Gasteiger partial charge < -0.3 is 14.6 Å². The first-order chi connectivity index (χ1) is 13.1. The zero-order chi connectivity index (χ0) is 21.0. The zero-order valence-corrected chi connectivity index (χ0v) is 15.9. The lowest BCUT2D eigenvalue weighted by atomic mass is 10.1. The molecule has 0 spiro atoms. The van der Waals surface area contributed by atoms with Crippen LogP contribution in [0.1, 0.15) is 25.0 Å². The first-order valence-corrected chi connectivity index (χ1v) is 8.63. The third kappa shape index (κ3) is 9.64. The molecule has 2 rings (SSSR count). The summed E-state index contributed by atoms with van der Waals surface area (Å²) in [5, 5.41) is 9.08. The molecule has 0 heterocycles. The molecule has 1 unspecified atom stereocenters. The van der Waals surface area contributed by atoms with Gasteiger partial charge in [0.1, 0.15) is 6.61 Å². The van der Waals surface area contributed by atoms with Crippen molar-refractivity contribution >= 4 is 5.78 Å². The number of ketones is 1. The van der Waals surface area contributed by atoms with Gasteiger partial charge in [-0.3, -0.25) is 4.79 Å². The number of aliphatic hydroxyl groups is 1. The minimum absolute atomic E-state index is 0.0487. The first kappa shape index (κ1) is 23.8. The summed E-state index contributed by atoms with van der Waals surface area (Å²) >= 11 is 0. The maximum Gasteiger partial charge on any atom is 0.419 e. The molecule has 0 saturated carbocycles. The van der Waals surface area contributed by atoms with Crippen molar-refractivity contribution in [3.05, 3.63) is 71.8 Å². The van der Waals surface area contributed by atoms with Crippen molar-refractivity contribution in [3.63, 3.8) is 0 Å². The molecular weight excluding hydrogens is 373 g/mol. The number of Topliss-reactive ketones (excluding diaryl/α,β-unsaturated/α-hetero) is 1. The summed E-state index contributed by atoms with van der Waals surface area (Å²) in [5.74, 6) is 0.0610. The van der Waals surface area contributed by atoms with E-state index in [0.29, 0.717) is 13.5 Å². The summed E-state index contributed by atoms with van der Waals surface area (Å²) in [6, 6.07) is 18.6. The van der Waals surface area contributed by atoms with Crippen molar-refractivity contribution in [2.45, 2.75) is 38.8 Å². The lowest BCUT2D eigenvalue weighted by Crippen LogP contribution is -2.46. The molecule has 0 fully saturated rings. The molecule has 0 bridgehead atoms. The molecular formula is C21H25F3O4. The number of carbonyl (C=O) groups excluding carboxylic acids is 1. The van der Waals surface area contributed by atoms with E-state index in [4.69, 9.17) is 14.6 Å². The van der Waals surface area contributed by atoms with E-state index in [1.54, 1.807) is 30.3 Å². The molecule has 7 heteroatoms. The zero-order valence-electron chi connectivity index (χ0n) is 15.9. The van der Waals surface area contributed by atoms with Crippen LogP contribution < -0.4 is 0 Å². The number of alkyl halides is 3. The Labute approximate surface area is 162 Å². The second-order valence-electron chi connectivity index (χ2n) is 6.43. The van der Waals surface area contributed by atoms with E-state index in [1.807, 2.05) is 30.3 Å². The number of ether oxygens (including phenoxy) is 2. The Balaban J connectivity index is 0.000000292. The fourth-order valence-corrected chi connectivity index (χ4v) is 1.91. The summed E-state index contributed by atoms with van der Waals surface area (Å²) in [7, 11) is 0. The van der Waals surface area contributed by atoms with Gasteiger partial charge in [-0.2, -0.15) is 13.2 Å². The van der Waals surface area contributed by atoms with Gasteiger partial charge in [-0.05, 0) is 25.0 Å². The number of benzene rings is 2. The van der Waals surface area contributed by atoms with Crippen LogP contribution in [-0.2, 0) is 27.5 Å². The van der Waals surface area contributed by atoms with Crippen molar-refractivity contribution in [1.82, 2.24) is 0 Å². The molecule has 0 amide bonds. The molecule has 2 aromatic carbocycles. The predicted octanol–water partition coefficient (Wildman–Crippen LogP) is 4.31. The topological polar surface area (TPSA) is 55.8 Å². The molecule has 0 aliphatic rings. The average Bonchev–Trinajstić information content (AvgIpc) is 2.63. The van der Waals surface area contributed by atoms with E-state index in [1.165, 1.54) is 6.92 Å². The fourth-order valence-electron chi connectivity index (χ4n) is 1.91. The Morgan fingerprint density at radius 1 is 0.893 bits per heavy atom. The Morgan fingerprint density at radius 2 is 1.32 bits per heavy atom. The van der Waals surface area contributed by atoms with Crippen LogP contribution in [0.3, 0.4) is 0 Å². The second-order valence-corrected chi connectivity index (χ2v) is 6.43. The van der Waals surface area contributed by atoms with Gasteiger partial charge in [0.15, 0.2) is 11.4 Å². The SMILES string of the molecule is CC(=O)COCc1ccccc1.CC(O)(COCc1ccccc1)C(F)(F)F. The van der Waals surface area contributed by atoms with Crippen molar-refractivity contribution in [2.75, 3.05) is 13.2 Å². The lowest BCUT2D eigenvalue weighted by molar-refractivity contribution is -0.268. The quantitative estimate of drug-likeness (QED) is 0.720. The maximum atomic E-state index is 12.2. The summed E-state index contributed by atoms with van der Waals surface area (Å²) in [5.41, 5.74) is -0.943. The van der Waals surface area contributed by atoms with E-state index in [2.05, 4.69) is 0 Å². The van der Waals surface area contributed by atoms with Crippen LogP contribution in [0.4, 0.5) is 13.2 Å². The smallest absolute Gasteiger partial charge is 0.379 e. The Bertz CT molecular complexity index is 686. The van der Waals surface area contributed by atoms with Crippen molar-refractivity contribution in [2.24, 2.45) is 0 Å². The highest BCUT2D eigenvalue weighted by Gasteiger charge is 2.50. The van der Waals surface area contributed by atoms with Crippen LogP contribution in [0, 0.1) is 0 Å². The van der Waals surface area contributed by atoms with Crippen LogP contribution in [-0.4, -0.2) is 35.9 Å². The minimum atomic E-state index is -4.68. The molecule has 0 aromatic heterocycles. The van der Waals surface area contributed by atoms with Crippen molar-refractivity contribution in [1.29, 1.82) is 0 Å². The minimum Gasteiger partial charge on any atom is -0.379 e. The van der Waals surface area contributed by atoms with E-state index in [-0.39, 0.29) is 19.0 Å². The maximum absolute atomic E-state index is 12.2. The molecule has 1 N–H and O–H groups in total. The van der Waals surface area contributed by atoms with Crippen LogP contribution in [0.15, 0.2) is 60.7 Å². The van der Waals surface area contributed by atoms with Gasteiger partial charge in [0.2, 0.25) is 0 Å². The van der Waals surface area contributed by atoms with Crippen LogP contribution in [0.2, 0.25) is 0 Å². The largest absolute Gasteiger partial charge is 0.419 e. The number of rotatable bonds is 8. The van der Waals surface area contributed by atoms with Gasteiger partial charge in [-0.1, -0.05) is 60.7 Å². The lowest BCUT2D eigenvalue weighted by Gasteiger charge is -2.25. The van der Waals surface area contributed by atoms with E-state index >= 15 is 0 Å². The summed E-state index contributed by atoms with van der Waals surface area (Å²) in [6.07, 6.45) is -4.68. The summed E-state index contributed by atoms with van der Waals surface area (Å²) in [6.45, 7) is 2.21. The van der Waals surface area contributed by atoms with Crippen LogP contribution >= 0.6 is 0 Å². The first-order valence-electron chi connectivity index (χ1n) is 8.63. The molecule has 0 aliphatic heterocycles. The van der Waals surface area contributed by atoms with Gasteiger partial charge in [0, 0.05) is 0 Å². The fraction of sp³-hybridized carbons (Fsp3) is 0.381. The summed E-state index contributed by atoms with van der Waals surface area (Å²) < 4.78 is 46.7. The highest BCUT2D eigenvalue weighted by atomic mass is 19.4. The average molecular weight is 398 g/mol. The van der Waals surface area contributed by atoms with Crippen LogP contribution in [0.25, 0.3) is 0 Å². The van der Waals surface area contributed by atoms with E-state index < -0.39 is 18.4 Å². The Kier molecular flexibility index (Phi) is 9.85. The third-order valence-corrected chi connectivity index (χ3v) is 3.52. The Morgan fingerprint density at radius 3 is 1.71 bits per heavy atom. The molecule has 154 valence electrons. The Hall–Kier alpha value is -2.22. The molecule has 28 heavy (non-hydrogen) atoms.